The largest absolute Gasteiger partial charge is 0.383 e. The molecule has 3 heterocycles. The molecule has 0 spiro atoms. The highest BCUT2D eigenvalue weighted by atomic mass is 32.1. The average molecular weight is 434 g/mol. The summed E-state index contributed by atoms with van der Waals surface area (Å²) in [5.74, 6) is -0.116. The van der Waals surface area contributed by atoms with E-state index in [-0.39, 0.29) is 30.0 Å². The van der Waals surface area contributed by atoms with Crippen LogP contribution in [0.1, 0.15) is 56.5 Å². The van der Waals surface area contributed by atoms with Gasteiger partial charge in [0.05, 0.1) is 6.54 Å². The number of carbonyl (C=O) groups excluding carboxylic acids is 1. The van der Waals surface area contributed by atoms with Gasteiger partial charge in [-0.1, -0.05) is 20.3 Å². The number of hydrogen-bond donors (Lipinski definition) is 2. The molecular weight excluding hydrogens is 402 g/mol. The van der Waals surface area contributed by atoms with Gasteiger partial charge in [-0.2, -0.15) is 0 Å². The standard InChI is InChI=1S/C21H31N5O3S/c1-4-6-10-25(18-19(22)26(9-5-2)21(29)23-20(18)28)17(27)13-24-11-7-16-15(14(24)3)8-12-30-16/h8,12,14H,4-7,9-11,13,22H2,1-3H3,(H,23,28,29). The number of nitrogens with two attached hydrogens (primary N) is 1. The number of aromatic amines is 1. The van der Waals surface area contributed by atoms with E-state index >= 15 is 0 Å². The van der Waals surface area contributed by atoms with Gasteiger partial charge in [0.15, 0.2) is 5.69 Å². The van der Waals surface area contributed by atoms with E-state index < -0.39 is 11.2 Å². The van der Waals surface area contributed by atoms with Gasteiger partial charge in [0.25, 0.3) is 5.56 Å². The highest BCUT2D eigenvalue weighted by Crippen LogP contribution is 2.32. The summed E-state index contributed by atoms with van der Waals surface area (Å²) >= 11 is 1.76. The lowest BCUT2D eigenvalue weighted by Crippen LogP contribution is -2.47. The van der Waals surface area contributed by atoms with Gasteiger partial charge in [0.2, 0.25) is 5.91 Å². The molecule has 8 nitrogen and oxygen atoms in total. The van der Waals surface area contributed by atoms with Gasteiger partial charge in [-0.15, -0.1) is 11.3 Å². The van der Waals surface area contributed by atoms with Crippen LogP contribution in [0.25, 0.3) is 0 Å². The van der Waals surface area contributed by atoms with Crippen LogP contribution in [0.2, 0.25) is 0 Å². The normalized spacial score (nSPS) is 16.4. The second-order valence-corrected chi connectivity index (χ2v) is 8.74. The van der Waals surface area contributed by atoms with Crippen molar-refractivity contribution in [2.45, 2.75) is 59.0 Å². The van der Waals surface area contributed by atoms with Crippen LogP contribution < -0.4 is 21.9 Å². The van der Waals surface area contributed by atoms with Crippen molar-refractivity contribution in [3.05, 3.63) is 42.7 Å². The number of unbranched alkanes of at least 4 members (excludes halogenated alkanes) is 1. The van der Waals surface area contributed by atoms with Crippen LogP contribution in [-0.4, -0.2) is 40.0 Å². The van der Waals surface area contributed by atoms with E-state index in [1.54, 1.807) is 11.3 Å². The molecule has 1 aliphatic rings. The Morgan fingerprint density at radius 3 is 2.80 bits per heavy atom. The third kappa shape index (κ3) is 4.37. The highest BCUT2D eigenvalue weighted by Gasteiger charge is 2.30. The lowest BCUT2D eigenvalue weighted by molar-refractivity contribution is -0.120. The molecule has 1 aliphatic heterocycles. The number of nitrogens with zero attached hydrogens (tertiary/aromatic N) is 3. The Labute approximate surface area is 180 Å². The smallest absolute Gasteiger partial charge is 0.330 e. The van der Waals surface area contributed by atoms with E-state index in [0.717, 1.165) is 25.8 Å². The zero-order valence-corrected chi connectivity index (χ0v) is 18.8. The minimum atomic E-state index is -0.610. The molecule has 0 saturated heterocycles. The van der Waals surface area contributed by atoms with Crippen molar-refractivity contribution in [1.82, 2.24) is 14.5 Å². The van der Waals surface area contributed by atoms with Crippen LogP contribution in [0.3, 0.4) is 0 Å². The minimum absolute atomic E-state index is 0.0573. The molecule has 30 heavy (non-hydrogen) atoms. The van der Waals surface area contributed by atoms with Gasteiger partial charge < -0.3 is 10.6 Å². The summed E-state index contributed by atoms with van der Waals surface area (Å²) in [7, 11) is 0. The number of nitrogens with one attached hydrogen (secondary N) is 1. The Morgan fingerprint density at radius 1 is 1.33 bits per heavy atom. The quantitative estimate of drug-likeness (QED) is 0.665. The van der Waals surface area contributed by atoms with Gasteiger partial charge in [-0.25, -0.2) is 4.79 Å². The van der Waals surface area contributed by atoms with Crippen molar-refractivity contribution in [2.24, 2.45) is 0 Å². The molecule has 0 aliphatic carbocycles. The number of rotatable bonds is 8. The maximum atomic E-state index is 13.4. The monoisotopic (exact) mass is 433 g/mol. The van der Waals surface area contributed by atoms with Crippen LogP contribution in [-0.2, 0) is 17.8 Å². The number of aromatic nitrogens is 2. The van der Waals surface area contributed by atoms with Crippen molar-refractivity contribution in [1.29, 1.82) is 0 Å². The van der Waals surface area contributed by atoms with Crippen molar-refractivity contribution in [3.8, 4) is 0 Å². The highest BCUT2D eigenvalue weighted by molar-refractivity contribution is 7.10. The number of nitrogen functional groups attached to an aromatic ring is 1. The summed E-state index contributed by atoms with van der Waals surface area (Å²) in [4.78, 5) is 45.5. The first-order valence-electron chi connectivity index (χ1n) is 10.6. The van der Waals surface area contributed by atoms with E-state index in [9.17, 15) is 14.4 Å². The zero-order chi connectivity index (χ0) is 21.8. The second-order valence-electron chi connectivity index (χ2n) is 7.74. The van der Waals surface area contributed by atoms with Gasteiger partial charge in [-0.05, 0) is 43.2 Å². The maximum Gasteiger partial charge on any atom is 0.330 e. The molecule has 1 atom stereocenters. The van der Waals surface area contributed by atoms with E-state index in [2.05, 4.69) is 28.3 Å². The molecule has 164 valence electrons. The lowest BCUT2D eigenvalue weighted by atomic mass is 10.0. The van der Waals surface area contributed by atoms with E-state index in [4.69, 9.17) is 5.73 Å². The fraction of sp³-hybridized carbons (Fsp3) is 0.571. The molecule has 1 unspecified atom stereocenters. The number of fused-ring (bicyclic) bond motifs is 1. The molecule has 0 fully saturated rings. The third-order valence-corrected chi connectivity index (χ3v) is 6.71. The maximum absolute atomic E-state index is 13.4. The van der Waals surface area contributed by atoms with Gasteiger partial charge in [-0.3, -0.25) is 24.0 Å². The van der Waals surface area contributed by atoms with Crippen molar-refractivity contribution >= 4 is 28.7 Å². The zero-order valence-electron chi connectivity index (χ0n) is 17.9. The van der Waals surface area contributed by atoms with Crippen molar-refractivity contribution in [3.63, 3.8) is 0 Å². The summed E-state index contributed by atoms with van der Waals surface area (Å²) in [5.41, 5.74) is 6.43. The predicted molar refractivity (Wildman–Crippen MR) is 121 cm³/mol. The molecule has 2 aromatic heterocycles. The summed E-state index contributed by atoms with van der Waals surface area (Å²) in [6, 6.07) is 2.26. The summed E-state index contributed by atoms with van der Waals surface area (Å²) in [5, 5.41) is 2.09. The van der Waals surface area contributed by atoms with Crippen LogP contribution >= 0.6 is 11.3 Å². The number of carbonyl (C=O) groups is 1. The first-order valence-corrected chi connectivity index (χ1v) is 11.5. The Morgan fingerprint density at radius 2 is 2.10 bits per heavy atom. The first-order chi connectivity index (χ1) is 14.4. The Hall–Kier alpha value is -2.39. The van der Waals surface area contributed by atoms with Gasteiger partial charge >= 0.3 is 5.69 Å². The predicted octanol–water partition coefficient (Wildman–Crippen LogP) is 2.34. The molecule has 1 amide bonds. The topological polar surface area (TPSA) is 104 Å². The SMILES string of the molecule is CCCCN(C(=O)CN1CCc2sccc2C1C)c1c(N)n(CCC)c(=O)[nH]c1=O. The fourth-order valence-electron chi connectivity index (χ4n) is 4.00. The molecule has 2 aromatic rings. The number of hydrogen-bond acceptors (Lipinski definition) is 6. The van der Waals surface area contributed by atoms with Gasteiger partial charge in [0.1, 0.15) is 5.82 Å². The van der Waals surface area contributed by atoms with Gasteiger partial charge in [0, 0.05) is 30.6 Å². The van der Waals surface area contributed by atoms with E-state index in [0.29, 0.717) is 19.5 Å². The fourth-order valence-corrected chi connectivity index (χ4v) is 4.96. The Kier molecular flexibility index (Phi) is 7.14. The molecule has 0 bridgehead atoms. The third-order valence-electron chi connectivity index (χ3n) is 5.71. The Bertz CT molecular complexity index is 1010. The molecule has 9 heteroatoms. The lowest BCUT2D eigenvalue weighted by Gasteiger charge is -2.34. The Balaban J connectivity index is 1.91. The van der Waals surface area contributed by atoms with E-state index in [1.807, 2.05) is 13.8 Å². The average Bonchev–Trinajstić information content (AvgIpc) is 3.19. The first kappa shape index (κ1) is 22.3. The molecule has 0 radical (unpaired) electrons. The summed E-state index contributed by atoms with van der Waals surface area (Å²) in [6.45, 7) is 7.82. The molecular formula is C21H31N5O3S. The van der Waals surface area contributed by atoms with Crippen molar-refractivity contribution in [2.75, 3.05) is 30.3 Å². The number of H-pyrrole nitrogens is 1. The second kappa shape index (κ2) is 9.61. The van der Waals surface area contributed by atoms with Crippen LogP contribution in [0, 0.1) is 0 Å². The molecule has 0 aromatic carbocycles. The van der Waals surface area contributed by atoms with Crippen molar-refractivity contribution < 1.29 is 4.79 Å². The summed E-state index contributed by atoms with van der Waals surface area (Å²) in [6.07, 6.45) is 3.22. The van der Waals surface area contributed by atoms with Crippen LogP contribution in [0.15, 0.2) is 21.0 Å². The number of amides is 1. The summed E-state index contributed by atoms with van der Waals surface area (Å²) < 4.78 is 1.34. The molecule has 0 saturated carbocycles. The van der Waals surface area contributed by atoms with E-state index in [1.165, 1.54) is 19.9 Å². The minimum Gasteiger partial charge on any atom is -0.383 e. The van der Waals surface area contributed by atoms with Crippen LogP contribution in [0.5, 0.6) is 0 Å². The number of thiophene rings is 1. The molecule has 3 rings (SSSR count). The molecule has 3 N–H and O–H groups in total. The van der Waals surface area contributed by atoms with Crippen LogP contribution in [0.4, 0.5) is 11.5 Å². The number of anilines is 2.